The number of aromatic nitrogens is 2. The SMILES string of the molecule is CC(C)(C)C(O)C(=O)Nc1nc2ccc(F)cn2c1-c1ccc(C(F)(F)F)cc1. The van der Waals surface area contributed by atoms with Crippen LogP contribution in [0.2, 0.25) is 0 Å². The molecule has 2 aromatic heterocycles. The Labute approximate surface area is 164 Å². The number of hydrogen-bond donors (Lipinski definition) is 2. The summed E-state index contributed by atoms with van der Waals surface area (Å²) in [5.74, 6) is -1.31. The molecule has 0 saturated heterocycles. The van der Waals surface area contributed by atoms with E-state index < -0.39 is 35.0 Å². The van der Waals surface area contributed by atoms with Crippen molar-refractivity contribution in [2.24, 2.45) is 5.41 Å². The number of pyridine rings is 1. The van der Waals surface area contributed by atoms with Gasteiger partial charge >= 0.3 is 6.18 Å². The van der Waals surface area contributed by atoms with Crippen molar-refractivity contribution in [3.8, 4) is 11.3 Å². The Morgan fingerprint density at radius 1 is 1.10 bits per heavy atom. The van der Waals surface area contributed by atoms with Crippen molar-refractivity contribution in [3.63, 3.8) is 0 Å². The summed E-state index contributed by atoms with van der Waals surface area (Å²) in [5, 5.41) is 12.7. The van der Waals surface area contributed by atoms with Crippen molar-refractivity contribution in [1.82, 2.24) is 9.38 Å². The fourth-order valence-electron chi connectivity index (χ4n) is 2.78. The van der Waals surface area contributed by atoms with E-state index in [0.717, 1.165) is 18.3 Å². The van der Waals surface area contributed by atoms with Crippen LogP contribution in [0.15, 0.2) is 42.6 Å². The maximum atomic E-state index is 13.8. The first-order valence-corrected chi connectivity index (χ1v) is 8.72. The average Bonchev–Trinajstić information content (AvgIpc) is 2.96. The lowest BCUT2D eigenvalue weighted by atomic mass is 9.88. The number of anilines is 1. The van der Waals surface area contributed by atoms with Gasteiger partial charge in [-0.05, 0) is 29.7 Å². The van der Waals surface area contributed by atoms with Crippen LogP contribution < -0.4 is 5.32 Å². The molecule has 1 aromatic carbocycles. The van der Waals surface area contributed by atoms with Crippen LogP contribution in [0.5, 0.6) is 0 Å². The molecule has 3 aromatic rings. The van der Waals surface area contributed by atoms with Gasteiger partial charge in [0.25, 0.3) is 5.91 Å². The van der Waals surface area contributed by atoms with Crippen molar-refractivity contribution in [2.45, 2.75) is 33.1 Å². The normalized spacial score (nSPS) is 13.5. The highest BCUT2D eigenvalue weighted by Crippen LogP contribution is 2.34. The minimum Gasteiger partial charge on any atom is -0.383 e. The Morgan fingerprint density at radius 3 is 2.28 bits per heavy atom. The topological polar surface area (TPSA) is 66.6 Å². The molecule has 0 aliphatic heterocycles. The third-order valence-corrected chi connectivity index (χ3v) is 4.38. The molecule has 2 N–H and O–H groups in total. The van der Waals surface area contributed by atoms with Crippen LogP contribution in [0.1, 0.15) is 26.3 Å². The van der Waals surface area contributed by atoms with E-state index in [1.807, 2.05) is 0 Å². The zero-order valence-corrected chi connectivity index (χ0v) is 15.9. The van der Waals surface area contributed by atoms with Gasteiger partial charge in [-0.2, -0.15) is 13.2 Å². The number of fused-ring (bicyclic) bond motifs is 1. The third kappa shape index (κ3) is 4.24. The van der Waals surface area contributed by atoms with Crippen molar-refractivity contribution in [1.29, 1.82) is 0 Å². The van der Waals surface area contributed by atoms with Crippen LogP contribution in [0.4, 0.5) is 23.4 Å². The Kier molecular flexibility index (Phi) is 5.12. The van der Waals surface area contributed by atoms with Gasteiger partial charge in [0.1, 0.15) is 17.6 Å². The Hall–Kier alpha value is -2.94. The molecule has 1 atom stereocenters. The molecule has 2 heterocycles. The molecule has 0 fully saturated rings. The summed E-state index contributed by atoms with van der Waals surface area (Å²) < 4.78 is 53.7. The van der Waals surface area contributed by atoms with Gasteiger partial charge in [-0.25, -0.2) is 9.37 Å². The Bertz CT molecular complexity index is 1050. The highest BCUT2D eigenvalue weighted by atomic mass is 19.4. The van der Waals surface area contributed by atoms with E-state index in [4.69, 9.17) is 0 Å². The van der Waals surface area contributed by atoms with Crippen LogP contribution >= 0.6 is 0 Å². The minimum atomic E-state index is -4.50. The van der Waals surface area contributed by atoms with E-state index in [0.29, 0.717) is 0 Å². The van der Waals surface area contributed by atoms with E-state index in [2.05, 4.69) is 10.3 Å². The second kappa shape index (κ2) is 7.14. The number of carbonyl (C=O) groups excluding carboxylic acids is 1. The summed E-state index contributed by atoms with van der Waals surface area (Å²) in [7, 11) is 0. The Morgan fingerprint density at radius 2 is 1.72 bits per heavy atom. The number of halogens is 4. The number of rotatable bonds is 3. The number of aliphatic hydroxyl groups is 1. The van der Waals surface area contributed by atoms with Gasteiger partial charge in [0, 0.05) is 11.8 Å². The van der Waals surface area contributed by atoms with Gasteiger partial charge in [-0.15, -0.1) is 0 Å². The molecular formula is C20H19F4N3O2. The summed E-state index contributed by atoms with van der Waals surface area (Å²) in [6, 6.07) is 6.76. The molecule has 0 bridgehead atoms. The molecule has 9 heteroatoms. The molecule has 0 saturated carbocycles. The van der Waals surface area contributed by atoms with E-state index >= 15 is 0 Å². The second-order valence-corrected chi connectivity index (χ2v) is 7.72. The molecule has 29 heavy (non-hydrogen) atoms. The minimum absolute atomic E-state index is 0.00339. The summed E-state index contributed by atoms with van der Waals surface area (Å²) in [4.78, 5) is 16.7. The third-order valence-electron chi connectivity index (χ3n) is 4.38. The molecule has 154 valence electrons. The first kappa shape index (κ1) is 20.8. The predicted octanol–water partition coefficient (Wildman–Crippen LogP) is 4.50. The fourth-order valence-corrected chi connectivity index (χ4v) is 2.78. The van der Waals surface area contributed by atoms with Crippen LogP contribution in [-0.2, 0) is 11.0 Å². The smallest absolute Gasteiger partial charge is 0.383 e. The number of hydrogen-bond acceptors (Lipinski definition) is 3. The van der Waals surface area contributed by atoms with Crippen molar-refractivity contribution < 1.29 is 27.5 Å². The molecule has 1 amide bonds. The van der Waals surface area contributed by atoms with Crippen LogP contribution in [-0.4, -0.2) is 26.5 Å². The molecule has 0 spiro atoms. The number of nitrogens with one attached hydrogen (secondary N) is 1. The first-order chi connectivity index (χ1) is 13.4. The average molecular weight is 409 g/mol. The molecular weight excluding hydrogens is 390 g/mol. The van der Waals surface area contributed by atoms with Gasteiger partial charge in [0.05, 0.1) is 11.3 Å². The van der Waals surface area contributed by atoms with Gasteiger partial charge < -0.3 is 10.4 Å². The van der Waals surface area contributed by atoms with E-state index in [9.17, 15) is 27.5 Å². The van der Waals surface area contributed by atoms with Gasteiger partial charge in [-0.1, -0.05) is 32.9 Å². The number of benzene rings is 1. The quantitative estimate of drug-likeness (QED) is 0.626. The molecule has 1 unspecified atom stereocenters. The zero-order chi connectivity index (χ0) is 21.6. The number of alkyl halides is 3. The first-order valence-electron chi connectivity index (χ1n) is 8.72. The summed E-state index contributed by atoms with van der Waals surface area (Å²) in [6.45, 7) is 5.02. The lowest BCUT2D eigenvalue weighted by Gasteiger charge is -2.24. The summed E-state index contributed by atoms with van der Waals surface area (Å²) >= 11 is 0. The lowest BCUT2D eigenvalue weighted by molar-refractivity contribution is -0.137. The number of amides is 1. The lowest BCUT2D eigenvalue weighted by Crippen LogP contribution is -2.38. The zero-order valence-electron chi connectivity index (χ0n) is 15.9. The maximum absolute atomic E-state index is 13.8. The van der Waals surface area contributed by atoms with Crippen LogP contribution in [0, 0.1) is 11.2 Å². The van der Waals surface area contributed by atoms with Crippen LogP contribution in [0.3, 0.4) is 0 Å². The van der Waals surface area contributed by atoms with E-state index in [1.54, 1.807) is 20.8 Å². The largest absolute Gasteiger partial charge is 0.416 e. The Balaban J connectivity index is 2.10. The number of imidazole rings is 1. The summed E-state index contributed by atoms with van der Waals surface area (Å²) in [5.41, 5.74) is -0.819. The molecule has 3 rings (SSSR count). The number of carbonyl (C=O) groups is 1. The number of nitrogens with zero attached hydrogens (tertiary/aromatic N) is 2. The van der Waals surface area contributed by atoms with Crippen LogP contribution in [0.25, 0.3) is 16.9 Å². The molecule has 0 aliphatic rings. The van der Waals surface area contributed by atoms with Crippen molar-refractivity contribution in [2.75, 3.05) is 5.32 Å². The summed E-state index contributed by atoms with van der Waals surface area (Å²) in [6.07, 6.45) is -4.74. The highest BCUT2D eigenvalue weighted by Gasteiger charge is 2.32. The number of aliphatic hydroxyl groups excluding tert-OH is 1. The van der Waals surface area contributed by atoms with E-state index in [1.165, 1.54) is 28.7 Å². The highest BCUT2D eigenvalue weighted by molar-refractivity contribution is 5.97. The maximum Gasteiger partial charge on any atom is 0.416 e. The molecule has 0 radical (unpaired) electrons. The molecule has 0 aliphatic carbocycles. The van der Waals surface area contributed by atoms with Crippen molar-refractivity contribution in [3.05, 3.63) is 54.0 Å². The standard InChI is InChI=1S/C20H19F4N3O2/c1-19(2,3)16(28)18(29)26-17-15(27-10-13(21)8-9-14(27)25-17)11-4-6-12(7-5-11)20(22,23)24/h4-10,16,28H,1-3H3,(H,26,29). The monoisotopic (exact) mass is 409 g/mol. The fraction of sp³-hybridized carbons (Fsp3) is 0.300. The predicted molar refractivity (Wildman–Crippen MR) is 99.7 cm³/mol. The van der Waals surface area contributed by atoms with Gasteiger partial charge in [-0.3, -0.25) is 9.20 Å². The van der Waals surface area contributed by atoms with Crippen molar-refractivity contribution >= 4 is 17.4 Å². The molecule has 5 nitrogen and oxygen atoms in total. The second-order valence-electron chi connectivity index (χ2n) is 7.72. The van der Waals surface area contributed by atoms with Gasteiger partial charge in [0.15, 0.2) is 5.82 Å². The van der Waals surface area contributed by atoms with Gasteiger partial charge in [0.2, 0.25) is 0 Å². The van der Waals surface area contributed by atoms with E-state index in [-0.39, 0.29) is 22.7 Å².